The Morgan fingerprint density at radius 3 is 2.48 bits per heavy atom. The van der Waals surface area contributed by atoms with Gasteiger partial charge < -0.3 is 28.9 Å². The van der Waals surface area contributed by atoms with Gasteiger partial charge >= 0.3 is 6.09 Å². The first-order valence-corrected chi connectivity index (χ1v) is 18.5. The molecule has 5 atom stereocenters. The smallest absolute Gasteiger partial charge is 0.407 e. The SMILES string of the molecule is C[C@H](O[Si](C)(C)C(C)(C)C)c1nccn1[C@H](CNC(=O)OC(C)(C)C)c1cc(-c2ccc(C#C[C@@H]3[C@H]4CNC[C@@H]34)cc2)on1. The fourth-order valence-corrected chi connectivity index (χ4v) is 6.86. The highest BCUT2D eigenvalue weighted by Crippen LogP contribution is 2.48. The minimum absolute atomic E-state index is 0.0485. The predicted octanol–water partition coefficient (Wildman–Crippen LogP) is 6.55. The van der Waals surface area contributed by atoms with Gasteiger partial charge in [0.15, 0.2) is 14.1 Å². The number of carbonyl (C=O) groups is 1. The molecule has 10 heteroatoms. The molecule has 236 valence electrons. The number of piperidine rings is 1. The topological polar surface area (TPSA) is 103 Å². The molecule has 0 spiro atoms. The Morgan fingerprint density at radius 2 is 1.84 bits per heavy atom. The summed E-state index contributed by atoms with van der Waals surface area (Å²) in [5.41, 5.74) is 1.94. The fraction of sp³-hybridized carbons (Fsp3) is 0.559. The van der Waals surface area contributed by atoms with Crippen LogP contribution >= 0.6 is 0 Å². The number of hydrogen-bond acceptors (Lipinski definition) is 7. The highest BCUT2D eigenvalue weighted by Gasteiger charge is 2.51. The van der Waals surface area contributed by atoms with Gasteiger partial charge in [0.25, 0.3) is 0 Å². The van der Waals surface area contributed by atoms with E-state index in [0.717, 1.165) is 41.9 Å². The van der Waals surface area contributed by atoms with Gasteiger partial charge in [0.2, 0.25) is 0 Å². The first-order chi connectivity index (χ1) is 20.6. The normalized spacial score (nSPS) is 21.2. The van der Waals surface area contributed by atoms with Gasteiger partial charge in [-0.1, -0.05) is 37.8 Å². The number of rotatable bonds is 8. The van der Waals surface area contributed by atoms with Crippen LogP contribution in [0.4, 0.5) is 4.79 Å². The highest BCUT2D eigenvalue weighted by molar-refractivity contribution is 6.74. The van der Waals surface area contributed by atoms with Gasteiger partial charge in [-0.15, -0.1) is 0 Å². The van der Waals surface area contributed by atoms with Gasteiger partial charge in [-0.05, 0) is 95.0 Å². The molecule has 2 aromatic heterocycles. The van der Waals surface area contributed by atoms with Gasteiger partial charge in [0.05, 0.1) is 6.04 Å². The summed E-state index contributed by atoms with van der Waals surface area (Å²) < 4.78 is 20.1. The second-order valence-electron chi connectivity index (χ2n) is 14.6. The van der Waals surface area contributed by atoms with Crippen LogP contribution in [-0.4, -0.2) is 54.4 Å². The van der Waals surface area contributed by atoms with E-state index in [0.29, 0.717) is 17.4 Å². The Morgan fingerprint density at radius 1 is 1.16 bits per heavy atom. The van der Waals surface area contributed by atoms with Crippen molar-refractivity contribution in [2.45, 2.75) is 84.3 Å². The van der Waals surface area contributed by atoms with Crippen LogP contribution in [0.1, 0.15) is 77.7 Å². The van der Waals surface area contributed by atoms with Crippen molar-refractivity contribution >= 4 is 14.4 Å². The van der Waals surface area contributed by atoms with Crippen LogP contribution in [0.3, 0.4) is 0 Å². The molecular formula is C34H47N5O4Si. The molecule has 0 unspecified atom stereocenters. The van der Waals surface area contributed by atoms with E-state index in [9.17, 15) is 4.79 Å². The van der Waals surface area contributed by atoms with E-state index in [1.807, 2.05) is 68.8 Å². The van der Waals surface area contributed by atoms with Gasteiger partial charge in [-0.3, -0.25) is 0 Å². The monoisotopic (exact) mass is 617 g/mol. The second kappa shape index (κ2) is 12.2. The summed E-state index contributed by atoms with van der Waals surface area (Å²) in [5.74, 6) is 10.2. The molecule has 2 aliphatic rings. The number of nitrogens with one attached hydrogen (secondary N) is 2. The zero-order valence-electron chi connectivity index (χ0n) is 27.5. The Kier molecular flexibility index (Phi) is 8.87. The summed E-state index contributed by atoms with van der Waals surface area (Å²) in [6.07, 6.45) is 2.89. The van der Waals surface area contributed by atoms with Gasteiger partial charge in [0.1, 0.15) is 23.2 Å². The van der Waals surface area contributed by atoms with Crippen molar-refractivity contribution in [3.8, 4) is 23.2 Å². The Bertz CT molecular complexity index is 1510. The fourth-order valence-electron chi connectivity index (χ4n) is 5.51. The van der Waals surface area contributed by atoms with Crippen LogP contribution in [0.25, 0.3) is 11.3 Å². The van der Waals surface area contributed by atoms with Crippen LogP contribution < -0.4 is 10.6 Å². The van der Waals surface area contributed by atoms with Gasteiger partial charge in [0, 0.05) is 42.0 Å². The van der Waals surface area contributed by atoms with E-state index >= 15 is 0 Å². The minimum atomic E-state index is -2.07. The number of ether oxygens (including phenoxy) is 1. The standard InChI is InChI=1S/C34H47N5O4Si/c1-22(43-44(8,9)34(5,6)7)31-36-16-17-39(31)29(21-37-32(40)41-33(2,3)4)28-18-30(42-38-28)24-13-10-23(11-14-24)12-15-25-26-19-35-20-27(25)26/h10-11,13-14,16-18,22,25-27,29,35H,19-21H2,1-9H3,(H,37,40)/t22-,25-,26-,27+,29+/m0/s1. The largest absolute Gasteiger partial charge is 0.444 e. The molecule has 0 radical (unpaired) electrons. The van der Waals surface area contributed by atoms with E-state index in [2.05, 4.69) is 66.5 Å². The minimum Gasteiger partial charge on any atom is -0.444 e. The number of aromatic nitrogens is 3. The van der Waals surface area contributed by atoms with E-state index in [1.54, 1.807) is 6.20 Å². The molecule has 3 heterocycles. The van der Waals surface area contributed by atoms with Crippen LogP contribution in [0.15, 0.2) is 47.2 Å². The van der Waals surface area contributed by atoms with Crippen LogP contribution in [0.5, 0.6) is 0 Å². The maximum absolute atomic E-state index is 12.7. The number of hydrogen-bond donors (Lipinski definition) is 2. The average Bonchev–Trinajstić information content (AvgIpc) is 3.44. The summed E-state index contributed by atoms with van der Waals surface area (Å²) in [5, 5.41) is 10.8. The molecule has 9 nitrogen and oxygen atoms in total. The lowest BCUT2D eigenvalue weighted by Crippen LogP contribution is -2.42. The number of imidazole rings is 1. The molecule has 2 N–H and O–H groups in total. The average molecular weight is 618 g/mol. The first-order valence-electron chi connectivity index (χ1n) is 15.6. The van der Waals surface area contributed by atoms with E-state index in [4.69, 9.17) is 13.7 Å². The third kappa shape index (κ3) is 7.28. The zero-order chi connectivity index (χ0) is 31.9. The Labute approximate surface area is 262 Å². The molecular weight excluding hydrogens is 570 g/mol. The number of amides is 1. The molecule has 2 fully saturated rings. The third-order valence-corrected chi connectivity index (χ3v) is 13.6. The maximum Gasteiger partial charge on any atom is 0.407 e. The number of fused-ring (bicyclic) bond motifs is 1. The number of nitrogens with zero attached hydrogens (tertiary/aromatic N) is 3. The summed E-state index contributed by atoms with van der Waals surface area (Å²) >= 11 is 0. The molecule has 1 aromatic carbocycles. The molecule has 1 saturated carbocycles. The van der Waals surface area contributed by atoms with Gasteiger partial charge in [-0.2, -0.15) is 0 Å². The number of benzene rings is 1. The molecule has 0 bridgehead atoms. The lowest BCUT2D eigenvalue weighted by molar-refractivity contribution is 0.0521. The Balaban J connectivity index is 1.37. The molecule has 1 saturated heterocycles. The molecule has 44 heavy (non-hydrogen) atoms. The van der Waals surface area contributed by atoms with E-state index < -0.39 is 26.1 Å². The number of carbonyl (C=O) groups excluding carboxylic acids is 1. The summed E-state index contributed by atoms with van der Waals surface area (Å²) in [4.78, 5) is 17.3. The lowest BCUT2D eigenvalue weighted by Gasteiger charge is -2.38. The van der Waals surface area contributed by atoms with Crippen LogP contribution in [-0.2, 0) is 9.16 Å². The predicted molar refractivity (Wildman–Crippen MR) is 173 cm³/mol. The van der Waals surface area contributed by atoms with Crippen molar-refractivity contribution < 1.29 is 18.5 Å². The third-order valence-electron chi connectivity index (χ3n) is 9.03. The highest BCUT2D eigenvalue weighted by atomic mass is 28.4. The molecule has 1 aliphatic heterocycles. The molecule has 1 amide bonds. The second-order valence-corrected chi connectivity index (χ2v) is 19.3. The molecule has 5 rings (SSSR count). The molecule has 1 aliphatic carbocycles. The quantitative estimate of drug-likeness (QED) is 0.218. The molecule has 3 aromatic rings. The maximum atomic E-state index is 12.7. The summed E-state index contributed by atoms with van der Waals surface area (Å²) in [7, 11) is -2.07. The van der Waals surface area contributed by atoms with E-state index in [-0.39, 0.29) is 17.7 Å². The Hall–Kier alpha value is -3.39. The number of alkyl carbamates (subject to hydrolysis) is 1. The summed E-state index contributed by atoms with van der Waals surface area (Å²) in [6.45, 7) is 21.1. The van der Waals surface area contributed by atoms with E-state index in [1.165, 1.54) is 0 Å². The van der Waals surface area contributed by atoms with Crippen molar-refractivity contribution in [1.82, 2.24) is 25.3 Å². The first kappa shape index (κ1) is 32.0. The van der Waals surface area contributed by atoms with Gasteiger partial charge in [-0.25, -0.2) is 9.78 Å². The van der Waals surface area contributed by atoms with Crippen molar-refractivity contribution in [1.29, 1.82) is 0 Å². The van der Waals surface area contributed by atoms with Crippen molar-refractivity contribution in [3.63, 3.8) is 0 Å². The van der Waals surface area contributed by atoms with Crippen molar-refractivity contribution in [2.75, 3.05) is 19.6 Å². The zero-order valence-corrected chi connectivity index (χ0v) is 28.5. The van der Waals surface area contributed by atoms with Crippen molar-refractivity contribution in [3.05, 3.63) is 59.8 Å². The summed E-state index contributed by atoms with van der Waals surface area (Å²) in [6, 6.07) is 9.58. The van der Waals surface area contributed by atoms with Crippen LogP contribution in [0, 0.1) is 29.6 Å². The van der Waals surface area contributed by atoms with Crippen LogP contribution in [0.2, 0.25) is 18.1 Å². The lowest BCUT2D eigenvalue weighted by atomic mass is 10.1. The van der Waals surface area contributed by atoms with Crippen molar-refractivity contribution in [2.24, 2.45) is 17.8 Å².